The topological polar surface area (TPSA) is 55.4 Å². The SMILES string of the molecule is C[SiH]1O[Si](C)(OC2CCCC2)O[SiH](C)O[Si](C)(OC2CCCC2)O1. The molecule has 1 aliphatic heterocycles. The first-order chi connectivity index (χ1) is 11.4. The maximum atomic E-state index is 6.30. The average Bonchev–Trinajstić information content (AvgIpc) is 3.09. The third-order valence-corrected chi connectivity index (χ3v) is 18.6. The van der Waals surface area contributed by atoms with Crippen molar-refractivity contribution >= 4 is 36.2 Å². The highest BCUT2D eigenvalue weighted by Crippen LogP contribution is 2.31. The molecule has 6 nitrogen and oxygen atoms in total. The van der Waals surface area contributed by atoms with Gasteiger partial charge in [-0.15, -0.1) is 0 Å². The molecule has 1 heterocycles. The molecule has 0 N–H and O–H groups in total. The molecule has 140 valence electrons. The van der Waals surface area contributed by atoms with Gasteiger partial charge in [0.25, 0.3) is 0 Å². The van der Waals surface area contributed by atoms with Crippen LogP contribution >= 0.6 is 0 Å². The largest absolute Gasteiger partial charge is 0.479 e. The van der Waals surface area contributed by atoms with Gasteiger partial charge in [0.1, 0.15) is 0 Å². The van der Waals surface area contributed by atoms with E-state index in [-0.39, 0.29) is 12.2 Å². The number of hydrogen-bond donors (Lipinski definition) is 0. The van der Waals surface area contributed by atoms with Gasteiger partial charge < -0.3 is 25.3 Å². The summed E-state index contributed by atoms with van der Waals surface area (Å²) in [7, 11) is -9.20. The first-order valence-electron chi connectivity index (χ1n) is 9.43. The van der Waals surface area contributed by atoms with Crippen LogP contribution in [0.2, 0.25) is 26.2 Å². The molecule has 0 unspecified atom stereocenters. The maximum Gasteiger partial charge on any atom is 0.479 e. The minimum Gasteiger partial charge on any atom is -0.396 e. The third kappa shape index (κ3) is 5.31. The highest BCUT2D eigenvalue weighted by Gasteiger charge is 2.50. The van der Waals surface area contributed by atoms with Crippen molar-refractivity contribution in [2.75, 3.05) is 0 Å². The van der Waals surface area contributed by atoms with Gasteiger partial charge in [-0.3, -0.25) is 0 Å². The minimum atomic E-state index is -2.68. The Morgan fingerprint density at radius 3 is 1.25 bits per heavy atom. The fraction of sp³-hybridized carbons (Fsp3) is 1.00. The first kappa shape index (κ1) is 19.4. The Labute approximate surface area is 151 Å². The van der Waals surface area contributed by atoms with Crippen LogP contribution in [0.3, 0.4) is 0 Å². The molecule has 0 aromatic rings. The second-order valence-corrected chi connectivity index (χ2v) is 17.3. The molecule has 2 saturated carbocycles. The monoisotopic (exact) mass is 408 g/mol. The van der Waals surface area contributed by atoms with E-state index in [2.05, 4.69) is 0 Å². The van der Waals surface area contributed by atoms with Crippen LogP contribution in [0.25, 0.3) is 0 Å². The maximum absolute atomic E-state index is 6.30. The van der Waals surface area contributed by atoms with Gasteiger partial charge in [0.15, 0.2) is 0 Å². The highest BCUT2D eigenvalue weighted by molar-refractivity contribution is 6.81. The van der Waals surface area contributed by atoms with Gasteiger partial charge in [0.2, 0.25) is 0 Å². The van der Waals surface area contributed by atoms with Crippen LogP contribution in [-0.4, -0.2) is 48.4 Å². The molecule has 0 radical (unpaired) electrons. The van der Waals surface area contributed by atoms with Crippen molar-refractivity contribution in [1.82, 2.24) is 0 Å². The molecule has 0 amide bonds. The van der Waals surface area contributed by atoms with E-state index in [0.29, 0.717) is 0 Å². The van der Waals surface area contributed by atoms with E-state index < -0.39 is 36.2 Å². The Morgan fingerprint density at radius 1 is 0.667 bits per heavy atom. The van der Waals surface area contributed by atoms with Crippen molar-refractivity contribution in [3.8, 4) is 0 Å². The summed E-state index contributed by atoms with van der Waals surface area (Å²) in [5.74, 6) is 0. The minimum absolute atomic E-state index is 0.280. The lowest BCUT2D eigenvalue weighted by Gasteiger charge is -2.41. The molecule has 10 heteroatoms. The van der Waals surface area contributed by atoms with Crippen LogP contribution < -0.4 is 0 Å². The Kier molecular flexibility index (Phi) is 6.55. The van der Waals surface area contributed by atoms with Gasteiger partial charge in [-0.25, -0.2) is 0 Å². The van der Waals surface area contributed by atoms with Gasteiger partial charge in [-0.1, -0.05) is 25.7 Å². The summed E-state index contributed by atoms with van der Waals surface area (Å²) in [5, 5.41) is 0. The lowest BCUT2D eigenvalue weighted by Crippen LogP contribution is -2.61. The number of rotatable bonds is 4. The van der Waals surface area contributed by atoms with E-state index in [0.717, 1.165) is 25.7 Å². The van der Waals surface area contributed by atoms with E-state index in [9.17, 15) is 0 Å². The summed E-state index contributed by atoms with van der Waals surface area (Å²) in [6.45, 7) is 8.09. The molecule has 0 aromatic heterocycles. The lowest BCUT2D eigenvalue weighted by atomic mass is 10.3. The first-order valence-corrected chi connectivity index (χ1v) is 18.1. The van der Waals surface area contributed by atoms with Gasteiger partial charge >= 0.3 is 36.2 Å². The predicted molar refractivity (Wildman–Crippen MR) is 100 cm³/mol. The van der Waals surface area contributed by atoms with Crippen molar-refractivity contribution in [1.29, 1.82) is 0 Å². The van der Waals surface area contributed by atoms with Crippen LogP contribution in [0, 0.1) is 0 Å². The van der Waals surface area contributed by atoms with Crippen LogP contribution in [0.5, 0.6) is 0 Å². The standard InChI is InChI=1S/C14H32O6Si4/c1-21-17-23(3,15-13-9-5-6-10-13)19-22(2)20-24(4,18-21)16-14-11-7-8-12-14/h13-14,21-22H,5-12H2,1-4H3. The van der Waals surface area contributed by atoms with Gasteiger partial charge in [0.05, 0.1) is 0 Å². The number of hydrogen-bond acceptors (Lipinski definition) is 6. The van der Waals surface area contributed by atoms with Crippen LogP contribution in [0.15, 0.2) is 0 Å². The van der Waals surface area contributed by atoms with Gasteiger partial charge in [0, 0.05) is 25.3 Å². The van der Waals surface area contributed by atoms with Crippen molar-refractivity contribution in [2.45, 2.75) is 89.8 Å². The van der Waals surface area contributed by atoms with E-state index in [1.807, 2.05) is 26.2 Å². The van der Waals surface area contributed by atoms with Crippen molar-refractivity contribution < 1.29 is 25.3 Å². The molecule has 3 rings (SSSR count). The Morgan fingerprint density at radius 2 is 0.958 bits per heavy atom. The summed E-state index contributed by atoms with van der Waals surface area (Å²) < 4.78 is 37.8. The molecule has 24 heavy (non-hydrogen) atoms. The van der Waals surface area contributed by atoms with E-state index in [1.165, 1.54) is 25.7 Å². The van der Waals surface area contributed by atoms with Gasteiger partial charge in [-0.2, -0.15) is 0 Å². The second-order valence-electron chi connectivity index (χ2n) is 7.38. The zero-order valence-corrected chi connectivity index (χ0v) is 19.7. The van der Waals surface area contributed by atoms with E-state index in [1.54, 1.807) is 0 Å². The van der Waals surface area contributed by atoms with E-state index >= 15 is 0 Å². The van der Waals surface area contributed by atoms with Gasteiger partial charge in [-0.05, 0) is 38.8 Å². The molecule has 1 saturated heterocycles. The zero-order valence-electron chi connectivity index (χ0n) is 15.4. The molecular weight excluding hydrogens is 376 g/mol. The summed E-state index contributed by atoms with van der Waals surface area (Å²) in [6.07, 6.45) is 9.96. The molecule has 3 aliphatic rings. The fourth-order valence-corrected chi connectivity index (χ4v) is 19.0. The molecule has 0 spiro atoms. The molecule has 2 aliphatic carbocycles. The average molecular weight is 409 g/mol. The molecule has 0 atom stereocenters. The predicted octanol–water partition coefficient (Wildman–Crippen LogP) is 2.82. The van der Waals surface area contributed by atoms with Crippen molar-refractivity contribution in [3.63, 3.8) is 0 Å². The van der Waals surface area contributed by atoms with Crippen LogP contribution in [0.4, 0.5) is 0 Å². The summed E-state index contributed by atoms with van der Waals surface area (Å²) in [6, 6.07) is 0. The Hall–Kier alpha value is 0.628. The molecule has 0 aromatic carbocycles. The highest BCUT2D eigenvalue weighted by atomic mass is 28.5. The van der Waals surface area contributed by atoms with Crippen LogP contribution in [-0.2, 0) is 25.3 Å². The Balaban J connectivity index is 1.63. The normalized spacial score (nSPS) is 43.0. The van der Waals surface area contributed by atoms with Crippen molar-refractivity contribution in [2.24, 2.45) is 0 Å². The lowest BCUT2D eigenvalue weighted by molar-refractivity contribution is 0.0640. The van der Waals surface area contributed by atoms with Crippen molar-refractivity contribution in [3.05, 3.63) is 0 Å². The summed E-state index contributed by atoms with van der Waals surface area (Å²) in [4.78, 5) is 0. The third-order valence-electron chi connectivity index (χ3n) is 4.89. The fourth-order valence-electron chi connectivity index (χ4n) is 4.04. The zero-order chi connectivity index (χ0) is 17.2. The molecule has 0 bridgehead atoms. The second kappa shape index (κ2) is 8.11. The smallest absolute Gasteiger partial charge is 0.396 e. The quantitative estimate of drug-likeness (QED) is 0.667. The molecule has 3 fully saturated rings. The summed E-state index contributed by atoms with van der Waals surface area (Å²) >= 11 is 0. The Bertz CT molecular complexity index is 366. The van der Waals surface area contributed by atoms with Crippen LogP contribution in [0.1, 0.15) is 51.4 Å². The summed E-state index contributed by atoms with van der Waals surface area (Å²) in [5.41, 5.74) is 0. The molecular formula is C14H32O6Si4. The van der Waals surface area contributed by atoms with E-state index in [4.69, 9.17) is 25.3 Å².